The third kappa shape index (κ3) is 14.6. The first-order valence-electron chi connectivity index (χ1n) is 22.2. The summed E-state index contributed by atoms with van der Waals surface area (Å²) in [6, 6.07) is 24.6. The molecule has 2 aromatic heterocycles. The van der Waals surface area contributed by atoms with Gasteiger partial charge in [-0.3, -0.25) is 4.90 Å². The SMILES string of the molecule is COc1ccc(CCN(CCO)CCO)cc1Nc1ncc(Cl)c(Nc2ccccc2S(=O)(=O)C(C)C)n1.COc1ccc(CCN)cc1Nc1ncc(Cl)c(Nc2ccccc2S(=O)(=O)C(C)C)n1. The van der Waals surface area contributed by atoms with Gasteiger partial charge in [-0.05, 0) is 107 Å². The van der Waals surface area contributed by atoms with Crippen molar-refractivity contribution in [3.05, 3.63) is 118 Å². The average molecular weight is 1040 g/mol. The molecule has 0 aliphatic carbocycles. The predicted octanol–water partition coefficient (Wildman–Crippen LogP) is 7.95. The van der Waals surface area contributed by atoms with E-state index >= 15 is 0 Å². The summed E-state index contributed by atoms with van der Waals surface area (Å²) in [5.41, 5.74) is 9.77. The van der Waals surface area contributed by atoms with Crippen LogP contribution >= 0.6 is 23.2 Å². The largest absolute Gasteiger partial charge is 0.495 e. The Balaban J connectivity index is 0.000000265. The molecule has 4 aromatic carbocycles. The van der Waals surface area contributed by atoms with Crippen molar-refractivity contribution in [1.29, 1.82) is 0 Å². The summed E-state index contributed by atoms with van der Waals surface area (Å²) in [6.07, 6.45) is 4.27. The van der Waals surface area contributed by atoms with Crippen LogP contribution < -0.4 is 36.5 Å². The number of aliphatic hydroxyl groups excluding tert-OH is 2. The van der Waals surface area contributed by atoms with Gasteiger partial charge in [0.05, 0.1) is 82.9 Å². The number of anilines is 8. The minimum Gasteiger partial charge on any atom is -0.495 e. The quantitative estimate of drug-likeness (QED) is 0.0321. The second kappa shape index (κ2) is 25.9. The molecule has 0 saturated carbocycles. The molecule has 0 fully saturated rings. The minimum absolute atomic E-state index is 0.0214. The number of hydrogen-bond donors (Lipinski definition) is 7. The zero-order chi connectivity index (χ0) is 51.0. The lowest BCUT2D eigenvalue weighted by Gasteiger charge is -2.20. The maximum atomic E-state index is 12.8. The number of aliphatic hydroxyl groups is 2. The Hall–Kier alpha value is -5.84. The van der Waals surface area contributed by atoms with Crippen LogP contribution in [0.3, 0.4) is 0 Å². The van der Waals surface area contributed by atoms with E-state index in [1.807, 2.05) is 41.3 Å². The molecule has 6 aromatic rings. The van der Waals surface area contributed by atoms with Gasteiger partial charge in [-0.15, -0.1) is 0 Å². The fourth-order valence-electron chi connectivity index (χ4n) is 6.76. The molecule has 6 rings (SSSR count). The standard InChI is InChI=1S/C26H34ClN5O5S.C22H26ClN5O3S/c1-18(2)38(35,36)24-7-5-4-6-21(24)29-25-20(27)17-28-26(31-25)30-22-16-19(8-9-23(22)37-3)10-11-32(12-14-33)13-15-34;1-14(2)32(29,30)20-7-5-4-6-17(20)26-21-16(23)13-25-22(28-21)27-18-12-15(10-11-24)8-9-19(18)31-3/h4-9,16-18,33-34H,10-15H2,1-3H3,(H2,28,29,30,31);4-9,12-14H,10-11,24H2,1-3H3,(H2,25,26,27,28). The highest BCUT2D eigenvalue weighted by atomic mass is 35.5. The molecule has 0 atom stereocenters. The molecule has 0 radical (unpaired) electrons. The number of sulfone groups is 2. The van der Waals surface area contributed by atoms with Crippen LogP contribution in [-0.2, 0) is 32.5 Å². The first-order chi connectivity index (χ1) is 33.4. The zero-order valence-corrected chi connectivity index (χ0v) is 42.9. The van der Waals surface area contributed by atoms with Gasteiger partial charge in [0.2, 0.25) is 11.9 Å². The van der Waals surface area contributed by atoms with E-state index in [0.29, 0.717) is 73.3 Å². The summed E-state index contributed by atoms with van der Waals surface area (Å²) in [6.45, 7) is 8.73. The number of halogens is 2. The lowest BCUT2D eigenvalue weighted by Crippen LogP contribution is -2.31. The molecule has 22 heteroatoms. The first kappa shape index (κ1) is 55.1. The summed E-state index contributed by atoms with van der Waals surface area (Å²) in [5.74, 6) is 2.22. The molecule has 0 saturated heterocycles. The van der Waals surface area contributed by atoms with E-state index in [1.165, 1.54) is 12.4 Å². The normalized spacial score (nSPS) is 11.6. The summed E-state index contributed by atoms with van der Waals surface area (Å²) < 4.78 is 62.1. The molecular weight excluding hydrogens is 980 g/mol. The third-order valence-corrected chi connectivity index (χ3v) is 15.6. The zero-order valence-electron chi connectivity index (χ0n) is 39.8. The van der Waals surface area contributed by atoms with Gasteiger partial charge in [0, 0.05) is 19.6 Å². The molecule has 0 spiro atoms. The Morgan fingerprint density at radius 2 is 1.01 bits per heavy atom. The van der Waals surface area contributed by atoms with E-state index in [9.17, 15) is 27.0 Å². The Labute approximate surface area is 419 Å². The second-order valence-electron chi connectivity index (χ2n) is 16.1. The third-order valence-electron chi connectivity index (χ3n) is 10.6. The van der Waals surface area contributed by atoms with Crippen LogP contribution in [-0.4, -0.2) is 116 Å². The number of nitrogens with one attached hydrogen (secondary N) is 4. The number of para-hydroxylation sites is 2. The number of nitrogens with two attached hydrogens (primary N) is 1. The number of aromatic nitrogens is 4. The van der Waals surface area contributed by atoms with Gasteiger partial charge in [-0.25, -0.2) is 26.8 Å². The second-order valence-corrected chi connectivity index (χ2v) is 21.9. The van der Waals surface area contributed by atoms with Crippen LogP contribution in [0.1, 0.15) is 38.8 Å². The fourth-order valence-corrected chi connectivity index (χ4v) is 9.44. The van der Waals surface area contributed by atoms with Crippen molar-refractivity contribution in [1.82, 2.24) is 24.8 Å². The van der Waals surface area contributed by atoms with Crippen LogP contribution in [0.25, 0.3) is 0 Å². The number of benzene rings is 4. The Morgan fingerprint density at radius 1 is 0.600 bits per heavy atom. The van der Waals surface area contributed by atoms with E-state index in [-0.39, 0.29) is 56.6 Å². The van der Waals surface area contributed by atoms with Gasteiger partial charge in [0.25, 0.3) is 0 Å². The van der Waals surface area contributed by atoms with Crippen molar-refractivity contribution in [3.8, 4) is 11.5 Å². The van der Waals surface area contributed by atoms with Crippen molar-refractivity contribution < 1.29 is 36.5 Å². The Morgan fingerprint density at radius 3 is 1.40 bits per heavy atom. The number of ether oxygens (including phenoxy) is 2. The molecule has 0 aliphatic heterocycles. The summed E-state index contributed by atoms with van der Waals surface area (Å²) in [4.78, 5) is 19.7. The maximum Gasteiger partial charge on any atom is 0.229 e. The maximum absolute atomic E-state index is 12.8. The lowest BCUT2D eigenvalue weighted by atomic mass is 10.1. The van der Waals surface area contributed by atoms with Gasteiger partial charge in [-0.1, -0.05) is 59.6 Å². The minimum atomic E-state index is -3.54. The summed E-state index contributed by atoms with van der Waals surface area (Å²) >= 11 is 12.7. The van der Waals surface area contributed by atoms with Gasteiger partial charge in [-0.2, -0.15) is 9.97 Å². The van der Waals surface area contributed by atoms with Crippen molar-refractivity contribution >= 4 is 89.2 Å². The summed E-state index contributed by atoms with van der Waals surface area (Å²) in [5, 5.41) is 30.2. The molecule has 0 aliphatic rings. The number of nitrogens with zero attached hydrogens (tertiary/aromatic N) is 5. The topological polar surface area (TPSA) is 256 Å². The number of hydrogen-bond acceptors (Lipinski definition) is 18. The highest BCUT2D eigenvalue weighted by molar-refractivity contribution is 7.92. The molecule has 0 unspecified atom stereocenters. The van der Waals surface area contributed by atoms with E-state index in [0.717, 1.165) is 11.1 Å². The lowest BCUT2D eigenvalue weighted by molar-refractivity contribution is 0.162. The van der Waals surface area contributed by atoms with E-state index in [4.69, 9.17) is 38.4 Å². The van der Waals surface area contributed by atoms with E-state index in [2.05, 4.69) is 41.2 Å². The van der Waals surface area contributed by atoms with Crippen LogP contribution in [0.15, 0.2) is 107 Å². The molecule has 8 N–H and O–H groups in total. The van der Waals surface area contributed by atoms with E-state index < -0.39 is 30.2 Å². The van der Waals surface area contributed by atoms with Crippen molar-refractivity contribution in [3.63, 3.8) is 0 Å². The van der Waals surface area contributed by atoms with Gasteiger partial charge >= 0.3 is 0 Å². The fraction of sp³-hybridized carbons (Fsp3) is 0.333. The molecule has 376 valence electrons. The smallest absolute Gasteiger partial charge is 0.229 e. The molecule has 18 nitrogen and oxygen atoms in total. The molecule has 2 heterocycles. The highest BCUT2D eigenvalue weighted by Crippen LogP contribution is 2.34. The monoisotopic (exact) mass is 1040 g/mol. The van der Waals surface area contributed by atoms with Crippen LogP contribution in [0, 0.1) is 0 Å². The molecule has 70 heavy (non-hydrogen) atoms. The molecule has 0 bridgehead atoms. The Bertz CT molecular complexity index is 2910. The van der Waals surface area contributed by atoms with Crippen molar-refractivity contribution in [2.24, 2.45) is 5.73 Å². The van der Waals surface area contributed by atoms with Crippen molar-refractivity contribution in [2.75, 3.05) is 74.9 Å². The van der Waals surface area contributed by atoms with E-state index in [1.54, 1.807) is 90.4 Å². The molecular formula is C48H60Cl2N10O8S2. The molecule has 0 amide bonds. The average Bonchev–Trinajstić information content (AvgIpc) is 3.33. The van der Waals surface area contributed by atoms with Gasteiger partial charge in [0.1, 0.15) is 21.5 Å². The van der Waals surface area contributed by atoms with Crippen molar-refractivity contribution in [2.45, 2.75) is 60.8 Å². The number of methoxy groups -OCH3 is 2. The number of rotatable bonds is 23. The first-order valence-corrected chi connectivity index (χ1v) is 26.1. The van der Waals surface area contributed by atoms with Crippen LogP contribution in [0.2, 0.25) is 10.0 Å². The van der Waals surface area contributed by atoms with Crippen LogP contribution in [0.5, 0.6) is 11.5 Å². The summed E-state index contributed by atoms with van der Waals surface area (Å²) in [7, 11) is -3.92. The van der Waals surface area contributed by atoms with Gasteiger partial charge in [0.15, 0.2) is 31.3 Å². The Kier molecular flexibility index (Phi) is 20.3. The van der Waals surface area contributed by atoms with Crippen LogP contribution in [0.4, 0.5) is 46.3 Å². The highest BCUT2D eigenvalue weighted by Gasteiger charge is 2.25. The van der Waals surface area contributed by atoms with Gasteiger partial charge < -0.3 is 46.7 Å². The predicted molar refractivity (Wildman–Crippen MR) is 278 cm³/mol.